The zero-order valence-electron chi connectivity index (χ0n) is 10.3. The summed E-state index contributed by atoms with van der Waals surface area (Å²) >= 11 is 3.28. The predicted molar refractivity (Wildman–Crippen MR) is 70.0 cm³/mol. The normalized spacial score (nSPS) is 24.1. The molecule has 0 unspecified atom stereocenters. The van der Waals surface area contributed by atoms with Crippen LogP contribution in [0.2, 0.25) is 0 Å². The zero-order chi connectivity index (χ0) is 13.3. The van der Waals surface area contributed by atoms with Crippen LogP contribution in [0.5, 0.6) is 0 Å². The molecule has 5 heteroatoms. The summed E-state index contributed by atoms with van der Waals surface area (Å²) in [7, 11) is 0. The van der Waals surface area contributed by atoms with Crippen LogP contribution in [-0.2, 0) is 4.74 Å². The minimum atomic E-state index is -0.407. The molecule has 0 aliphatic carbocycles. The van der Waals surface area contributed by atoms with Crippen molar-refractivity contribution >= 4 is 21.8 Å². The van der Waals surface area contributed by atoms with Gasteiger partial charge in [-0.2, -0.15) is 0 Å². The molecule has 1 aliphatic heterocycles. The minimum Gasteiger partial charge on any atom is -0.372 e. The first-order chi connectivity index (χ1) is 8.47. The largest absolute Gasteiger partial charge is 0.372 e. The third kappa shape index (κ3) is 2.90. The van der Waals surface area contributed by atoms with Crippen LogP contribution in [0.3, 0.4) is 0 Å². The van der Waals surface area contributed by atoms with E-state index in [1.807, 2.05) is 13.8 Å². The van der Waals surface area contributed by atoms with Gasteiger partial charge < -0.3 is 9.64 Å². The Labute approximate surface area is 114 Å². The average Bonchev–Trinajstić information content (AvgIpc) is 2.30. The molecule has 1 heterocycles. The van der Waals surface area contributed by atoms with Crippen molar-refractivity contribution in [3.63, 3.8) is 0 Å². The maximum atomic E-state index is 13.2. The van der Waals surface area contributed by atoms with Crippen molar-refractivity contribution in [2.24, 2.45) is 0 Å². The molecule has 1 saturated heterocycles. The van der Waals surface area contributed by atoms with Crippen LogP contribution in [0.1, 0.15) is 24.2 Å². The third-order valence-corrected chi connectivity index (χ3v) is 3.56. The molecule has 1 aromatic rings. The Balaban J connectivity index is 2.22. The van der Waals surface area contributed by atoms with E-state index in [0.29, 0.717) is 23.1 Å². The maximum absolute atomic E-state index is 13.2. The fraction of sp³-hybridized carbons (Fsp3) is 0.462. The van der Waals surface area contributed by atoms with Crippen molar-refractivity contribution in [1.82, 2.24) is 4.90 Å². The number of benzene rings is 1. The van der Waals surface area contributed by atoms with Crippen molar-refractivity contribution in [1.29, 1.82) is 0 Å². The number of rotatable bonds is 1. The van der Waals surface area contributed by atoms with Crippen LogP contribution in [0.15, 0.2) is 22.7 Å². The lowest BCUT2D eigenvalue weighted by Crippen LogP contribution is -2.48. The number of carbonyl (C=O) groups excluding carboxylic acids is 1. The molecule has 0 bridgehead atoms. The van der Waals surface area contributed by atoms with Gasteiger partial charge in [-0.15, -0.1) is 0 Å². The summed E-state index contributed by atoms with van der Waals surface area (Å²) in [6.45, 7) is 4.92. The standard InChI is InChI=1S/C13H15BrFNO2/c1-8-6-16(7-9(2)18-8)13(17)11-5-10(15)3-4-12(11)14/h3-5,8-9H,6-7H2,1-2H3/t8-,9-/m0/s1. The highest BCUT2D eigenvalue weighted by Gasteiger charge is 2.27. The van der Waals surface area contributed by atoms with Gasteiger partial charge in [-0.05, 0) is 48.0 Å². The Hall–Kier alpha value is -0.940. The van der Waals surface area contributed by atoms with E-state index >= 15 is 0 Å². The molecule has 0 N–H and O–H groups in total. The van der Waals surface area contributed by atoms with Crippen LogP contribution in [0.4, 0.5) is 4.39 Å². The molecule has 1 aliphatic rings. The van der Waals surface area contributed by atoms with Crippen LogP contribution in [0.25, 0.3) is 0 Å². The first-order valence-electron chi connectivity index (χ1n) is 5.87. The highest BCUT2D eigenvalue weighted by atomic mass is 79.9. The molecule has 1 fully saturated rings. The topological polar surface area (TPSA) is 29.5 Å². The third-order valence-electron chi connectivity index (χ3n) is 2.87. The Kier molecular flexibility index (Phi) is 4.02. The Morgan fingerprint density at radius 2 is 2.00 bits per heavy atom. The van der Waals surface area contributed by atoms with E-state index in [4.69, 9.17) is 4.74 Å². The molecule has 3 nitrogen and oxygen atoms in total. The molecule has 2 atom stereocenters. The second-order valence-corrected chi connectivity index (χ2v) is 5.45. The summed E-state index contributed by atoms with van der Waals surface area (Å²) in [6.07, 6.45) is 0.00932. The Bertz CT molecular complexity index is 456. The molecule has 0 radical (unpaired) electrons. The van der Waals surface area contributed by atoms with E-state index in [1.165, 1.54) is 12.1 Å². The van der Waals surface area contributed by atoms with E-state index < -0.39 is 5.82 Å². The number of halogens is 2. The van der Waals surface area contributed by atoms with Crippen LogP contribution in [0, 0.1) is 5.82 Å². The molecule has 98 valence electrons. The number of hydrogen-bond acceptors (Lipinski definition) is 2. The van der Waals surface area contributed by atoms with Crippen molar-refractivity contribution in [2.75, 3.05) is 13.1 Å². The van der Waals surface area contributed by atoms with Gasteiger partial charge in [0.25, 0.3) is 5.91 Å². The van der Waals surface area contributed by atoms with Gasteiger partial charge in [0.05, 0.1) is 17.8 Å². The van der Waals surface area contributed by atoms with Gasteiger partial charge in [0, 0.05) is 17.6 Å². The first kappa shape index (κ1) is 13.5. The van der Waals surface area contributed by atoms with Crippen molar-refractivity contribution in [2.45, 2.75) is 26.1 Å². The first-order valence-corrected chi connectivity index (χ1v) is 6.66. The predicted octanol–water partition coefficient (Wildman–Crippen LogP) is 2.84. The minimum absolute atomic E-state index is 0.00466. The molecule has 1 amide bonds. The van der Waals surface area contributed by atoms with Crippen LogP contribution in [-0.4, -0.2) is 36.1 Å². The quantitative estimate of drug-likeness (QED) is 0.797. The zero-order valence-corrected chi connectivity index (χ0v) is 11.9. The van der Waals surface area contributed by atoms with Gasteiger partial charge in [0.1, 0.15) is 5.82 Å². The highest BCUT2D eigenvalue weighted by Crippen LogP contribution is 2.21. The molecule has 0 saturated carbocycles. The average molecular weight is 316 g/mol. The maximum Gasteiger partial charge on any atom is 0.255 e. The number of carbonyl (C=O) groups is 1. The number of ether oxygens (including phenoxy) is 1. The highest BCUT2D eigenvalue weighted by molar-refractivity contribution is 9.10. The molecule has 0 aromatic heterocycles. The van der Waals surface area contributed by atoms with E-state index in [2.05, 4.69) is 15.9 Å². The Morgan fingerprint density at radius 1 is 1.39 bits per heavy atom. The summed E-state index contributed by atoms with van der Waals surface area (Å²) in [6, 6.07) is 4.14. The van der Waals surface area contributed by atoms with Crippen molar-refractivity contribution in [3.8, 4) is 0 Å². The molecule has 18 heavy (non-hydrogen) atoms. The SMILES string of the molecule is C[C@H]1CN(C(=O)c2cc(F)ccc2Br)C[C@H](C)O1. The van der Waals surface area contributed by atoms with E-state index in [9.17, 15) is 9.18 Å². The summed E-state index contributed by atoms with van der Waals surface area (Å²) in [5.74, 6) is -0.570. The molecular formula is C13H15BrFNO2. The second kappa shape index (κ2) is 5.36. The summed E-state index contributed by atoms with van der Waals surface area (Å²) in [5.41, 5.74) is 0.358. The van der Waals surface area contributed by atoms with E-state index in [1.54, 1.807) is 11.0 Å². The lowest BCUT2D eigenvalue weighted by molar-refractivity contribution is -0.0586. The van der Waals surface area contributed by atoms with Gasteiger partial charge in [-0.1, -0.05) is 0 Å². The molecule has 0 spiro atoms. The fourth-order valence-electron chi connectivity index (χ4n) is 2.18. The van der Waals surface area contributed by atoms with Gasteiger partial charge >= 0.3 is 0 Å². The number of amides is 1. The lowest BCUT2D eigenvalue weighted by atomic mass is 10.1. The van der Waals surface area contributed by atoms with Gasteiger partial charge in [-0.25, -0.2) is 4.39 Å². The van der Waals surface area contributed by atoms with Crippen LogP contribution < -0.4 is 0 Å². The van der Waals surface area contributed by atoms with E-state index in [0.717, 1.165) is 0 Å². The summed E-state index contributed by atoms with van der Waals surface area (Å²) < 4.78 is 19.4. The van der Waals surface area contributed by atoms with Crippen molar-refractivity contribution in [3.05, 3.63) is 34.1 Å². The lowest BCUT2D eigenvalue weighted by Gasteiger charge is -2.35. The summed E-state index contributed by atoms with van der Waals surface area (Å²) in [5, 5.41) is 0. The fourth-order valence-corrected chi connectivity index (χ4v) is 2.59. The number of morpholine rings is 1. The van der Waals surface area contributed by atoms with Crippen LogP contribution >= 0.6 is 15.9 Å². The number of hydrogen-bond donors (Lipinski definition) is 0. The number of nitrogens with zero attached hydrogens (tertiary/aromatic N) is 1. The summed E-state index contributed by atoms with van der Waals surface area (Å²) in [4.78, 5) is 14.0. The smallest absolute Gasteiger partial charge is 0.255 e. The Morgan fingerprint density at radius 3 is 2.61 bits per heavy atom. The molecule has 1 aromatic carbocycles. The molecular weight excluding hydrogens is 301 g/mol. The van der Waals surface area contributed by atoms with E-state index in [-0.39, 0.29) is 18.1 Å². The monoisotopic (exact) mass is 315 g/mol. The van der Waals surface area contributed by atoms with Gasteiger partial charge in [-0.3, -0.25) is 4.79 Å². The van der Waals surface area contributed by atoms with Gasteiger partial charge in [0.15, 0.2) is 0 Å². The second-order valence-electron chi connectivity index (χ2n) is 4.59. The van der Waals surface area contributed by atoms with Gasteiger partial charge in [0.2, 0.25) is 0 Å². The molecule has 2 rings (SSSR count). The van der Waals surface area contributed by atoms with Crippen molar-refractivity contribution < 1.29 is 13.9 Å².